The molecule has 0 fully saturated rings. The minimum absolute atomic E-state index is 0.0212. The molecule has 0 amide bonds. The van der Waals surface area contributed by atoms with Crippen LogP contribution in [0.2, 0.25) is 0 Å². The van der Waals surface area contributed by atoms with Gasteiger partial charge in [0.05, 0.1) is 25.9 Å². The number of carbonyl (C=O) groups is 2. The number of carbonyl (C=O) groups excluding carboxylic acids is 2. The van der Waals surface area contributed by atoms with E-state index in [9.17, 15) is 33.8 Å². The standard InChI is InChI=1S/C48H78O14P2/c1-3-5-7-8-9-10-11-12-13-14-15-16-17-18-22-25-28-31-34-38-47(51)58-42-46(43-61-64(56,57)60-41-45(50)40-59-63(53,54)55)62-48(52)39-35-32-29-26-23-20-19-21-24-27-30-33-37-44(49)36-6-4-2/h6,9-10,12-13,15-16,18-20,22,24,26-27,29-30,33,36,44-46,49-50H,3-5,7-8,11,14,17,21,23,25,28,31-32,34-35,37-43H2,1-2H3,(H,56,57)(H2,53,54,55)/b10-9-,13-12-,16-15-,20-19-,22-18-,27-24-,29-26-,33-30+,36-6-/t44?,45-,46+/m0/s1. The number of allylic oxidation sites excluding steroid dienone is 16. The first-order chi connectivity index (χ1) is 30.8. The third-order valence-electron chi connectivity index (χ3n) is 8.71. The maximum Gasteiger partial charge on any atom is 0.472 e. The Morgan fingerprint density at radius 3 is 1.61 bits per heavy atom. The fourth-order valence-corrected chi connectivity index (χ4v) is 6.42. The second-order valence-electron chi connectivity index (χ2n) is 14.8. The summed E-state index contributed by atoms with van der Waals surface area (Å²) in [6.07, 6.45) is 48.5. The average Bonchev–Trinajstić information content (AvgIpc) is 3.25. The summed E-state index contributed by atoms with van der Waals surface area (Å²) in [5, 5.41) is 19.5. The predicted octanol–water partition coefficient (Wildman–Crippen LogP) is 10.9. The van der Waals surface area contributed by atoms with Gasteiger partial charge in [-0.3, -0.25) is 23.2 Å². The highest BCUT2D eigenvalue weighted by Crippen LogP contribution is 2.43. The molecule has 5 N–H and O–H groups in total. The van der Waals surface area contributed by atoms with E-state index in [1.807, 2.05) is 61.6 Å². The van der Waals surface area contributed by atoms with Gasteiger partial charge < -0.3 is 34.4 Å². The number of unbranched alkanes of at least 4 members (excludes halogenated alkanes) is 7. The van der Waals surface area contributed by atoms with E-state index in [1.54, 1.807) is 6.08 Å². The summed E-state index contributed by atoms with van der Waals surface area (Å²) < 4.78 is 47.7. The average molecular weight is 941 g/mol. The van der Waals surface area contributed by atoms with E-state index >= 15 is 0 Å². The van der Waals surface area contributed by atoms with Crippen LogP contribution in [0.15, 0.2) is 109 Å². The van der Waals surface area contributed by atoms with E-state index in [0.29, 0.717) is 25.7 Å². The van der Waals surface area contributed by atoms with Crippen LogP contribution in [-0.4, -0.2) is 81.6 Å². The lowest BCUT2D eigenvalue weighted by Crippen LogP contribution is -2.29. The van der Waals surface area contributed by atoms with E-state index in [1.165, 1.54) is 19.3 Å². The molecule has 64 heavy (non-hydrogen) atoms. The quantitative estimate of drug-likeness (QED) is 0.0127. The number of aliphatic hydroxyl groups is 2. The van der Waals surface area contributed by atoms with Crippen molar-refractivity contribution in [1.29, 1.82) is 0 Å². The Balaban J connectivity index is 4.70. The second kappa shape index (κ2) is 42.4. The molecule has 0 aliphatic carbocycles. The topological polar surface area (TPSA) is 216 Å². The Kier molecular flexibility index (Phi) is 40.2. The molecule has 14 nitrogen and oxygen atoms in total. The zero-order valence-electron chi connectivity index (χ0n) is 38.2. The van der Waals surface area contributed by atoms with Gasteiger partial charge in [-0.2, -0.15) is 0 Å². The summed E-state index contributed by atoms with van der Waals surface area (Å²) in [7, 11) is -9.74. The molecule has 0 bridgehead atoms. The van der Waals surface area contributed by atoms with Crippen LogP contribution in [0.5, 0.6) is 0 Å². The molecular formula is C48H78O14P2. The number of phosphoric ester groups is 2. The van der Waals surface area contributed by atoms with Crippen LogP contribution in [0.4, 0.5) is 0 Å². The van der Waals surface area contributed by atoms with Crippen molar-refractivity contribution in [2.45, 2.75) is 154 Å². The van der Waals surface area contributed by atoms with Gasteiger partial charge in [-0.05, 0) is 89.9 Å². The number of hydrogen-bond donors (Lipinski definition) is 5. The van der Waals surface area contributed by atoms with Crippen LogP contribution in [0.3, 0.4) is 0 Å². The van der Waals surface area contributed by atoms with E-state index < -0.39 is 72.3 Å². The van der Waals surface area contributed by atoms with Crippen molar-refractivity contribution in [2.24, 2.45) is 0 Å². The van der Waals surface area contributed by atoms with Crippen LogP contribution in [0, 0.1) is 0 Å². The predicted molar refractivity (Wildman–Crippen MR) is 254 cm³/mol. The van der Waals surface area contributed by atoms with Crippen molar-refractivity contribution in [3.8, 4) is 0 Å². The van der Waals surface area contributed by atoms with Crippen LogP contribution in [0.25, 0.3) is 0 Å². The van der Waals surface area contributed by atoms with E-state index in [-0.39, 0.29) is 12.8 Å². The summed E-state index contributed by atoms with van der Waals surface area (Å²) >= 11 is 0. The van der Waals surface area contributed by atoms with Crippen molar-refractivity contribution in [3.63, 3.8) is 0 Å². The number of aliphatic hydroxyl groups excluding tert-OH is 2. The second-order valence-corrected chi connectivity index (χ2v) is 17.5. The Hall–Kier alpha value is -3.26. The normalized spacial score (nSPS) is 15.4. The molecular weight excluding hydrogens is 862 g/mol. The molecule has 4 atom stereocenters. The van der Waals surface area contributed by atoms with Crippen LogP contribution in [0.1, 0.15) is 136 Å². The fraction of sp³-hybridized carbons (Fsp3) is 0.583. The lowest BCUT2D eigenvalue weighted by Gasteiger charge is -2.20. The van der Waals surface area contributed by atoms with Gasteiger partial charge in [0.15, 0.2) is 6.10 Å². The van der Waals surface area contributed by atoms with Crippen LogP contribution < -0.4 is 0 Å². The highest BCUT2D eigenvalue weighted by molar-refractivity contribution is 7.47. The maximum absolute atomic E-state index is 12.7. The molecule has 0 rings (SSSR count). The Morgan fingerprint density at radius 2 is 1.03 bits per heavy atom. The number of hydrogen-bond acceptors (Lipinski definition) is 11. The van der Waals surface area contributed by atoms with Gasteiger partial charge in [-0.15, -0.1) is 0 Å². The highest BCUT2D eigenvalue weighted by Gasteiger charge is 2.28. The zero-order chi connectivity index (χ0) is 47.4. The monoisotopic (exact) mass is 940 g/mol. The first-order valence-electron chi connectivity index (χ1n) is 22.7. The SMILES string of the molecule is CC/C=C\C(O)C/C=C/C=C\C/C=C\C/C=C\CCCC(=O)O[C@H](COC(=O)CCCCC/C=C\C/C=C\C/C=C\C/C=C\CCCCC)COP(=O)(O)OC[C@@H](O)COP(=O)(O)O. The number of rotatable bonds is 41. The maximum atomic E-state index is 12.7. The van der Waals surface area contributed by atoms with Crippen molar-refractivity contribution < 1.29 is 66.7 Å². The number of ether oxygens (including phenoxy) is 2. The Labute approximate surface area is 383 Å². The molecule has 0 aromatic rings. The molecule has 0 heterocycles. The van der Waals surface area contributed by atoms with E-state index in [0.717, 1.165) is 64.2 Å². The molecule has 0 saturated heterocycles. The van der Waals surface area contributed by atoms with E-state index in [4.69, 9.17) is 23.8 Å². The smallest absolute Gasteiger partial charge is 0.462 e. The summed E-state index contributed by atoms with van der Waals surface area (Å²) in [5.74, 6) is -1.17. The van der Waals surface area contributed by atoms with Gasteiger partial charge in [0.1, 0.15) is 12.7 Å². The van der Waals surface area contributed by atoms with Gasteiger partial charge in [-0.1, -0.05) is 142 Å². The minimum Gasteiger partial charge on any atom is -0.462 e. The third kappa shape index (κ3) is 45.3. The third-order valence-corrected chi connectivity index (χ3v) is 10.1. The van der Waals surface area contributed by atoms with Crippen LogP contribution >= 0.6 is 15.6 Å². The highest BCUT2D eigenvalue weighted by atomic mass is 31.2. The largest absolute Gasteiger partial charge is 0.472 e. The van der Waals surface area contributed by atoms with Gasteiger partial charge >= 0.3 is 27.6 Å². The molecule has 16 heteroatoms. The number of phosphoric acid groups is 2. The molecule has 0 aliphatic heterocycles. The molecule has 0 saturated carbocycles. The Morgan fingerprint density at radius 1 is 0.531 bits per heavy atom. The number of esters is 2. The minimum atomic E-state index is -4.89. The van der Waals surface area contributed by atoms with Gasteiger partial charge in [0.2, 0.25) is 0 Å². The van der Waals surface area contributed by atoms with Crippen molar-refractivity contribution in [1.82, 2.24) is 0 Å². The Bertz CT molecular complexity index is 1560. The first-order valence-corrected chi connectivity index (χ1v) is 25.7. The molecule has 0 aromatic carbocycles. The summed E-state index contributed by atoms with van der Waals surface area (Å²) in [6.45, 7) is 1.36. The van der Waals surface area contributed by atoms with Crippen molar-refractivity contribution in [3.05, 3.63) is 109 Å². The molecule has 0 spiro atoms. The van der Waals surface area contributed by atoms with Gasteiger partial charge in [-0.25, -0.2) is 9.13 Å². The summed E-state index contributed by atoms with van der Waals surface area (Å²) in [4.78, 5) is 52.7. The van der Waals surface area contributed by atoms with Crippen molar-refractivity contribution >= 4 is 27.6 Å². The lowest BCUT2D eigenvalue weighted by molar-refractivity contribution is -0.161. The first kappa shape index (κ1) is 60.7. The molecule has 0 radical (unpaired) electrons. The van der Waals surface area contributed by atoms with Crippen LogP contribution in [-0.2, 0) is 41.8 Å². The molecule has 0 aliphatic rings. The summed E-state index contributed by atoms with van der Waals surface area (Å²) in [6, 6.07) is 0. The van der Waals surface area contributed by atoms with E-state index in [2.05, 4.69) is 64.6 Å². The summed E-state index contributed by atoms with van der Waals surface area (Å²) in [5.41, 5.74) is 0. The van der Waals surface area contributed by atoms with Gasteiger partial charge in [0.25, 0.3) is 0 Å². The lowest BCUT2D eigenvalue weighted by atomic mass is 10.1. The zero-order valence-corrected chi connectivity index (χ0v) is 40.0. The molecule has 2 unspecified atom stereocenters. The molecule has 364 valence electrons. The fourth-order valence-electron chi connectivity index (χ4n) is 5.27. The van der Waals surface area contributed by atoms with Gasteiger partial charge in [0, 0.05) is 12.8 Å². The van der Waals surface area contributed by atoms with Crippen molar-refractivity contribution in [2.75, 3.05) is 26.4 Å². The molecule has 0 aromatic heterocycles.